The van der Waals surface area contributed by atoms with Gasteiger partial charge in [-0.25, -0.2) is 0 Å². The molecule has 0 aliphatic heterocycles. The van der Waals surface area contributed by atoms with E-state index < -0.39 is 21.9 Å². The second-order valence-electron chi connectivity index (χ2n) is 3.84. The molecule has 0 aromatic heterocycles. The van der Waals surface area contributed by atoms with Crippen LogP contribution in [-0.4, -0.2) is 15.8 Å². The lowest BCUT2D eigenvalue weighted by Crippen LogP contribution is -2.26. The van der Waals surface area contributed by atoms with Crippen molar-refractivity contribution in [2.24, 2.45) is 0 Å². The minimum atomic E-state index is -1.24. The number of carbonyl (C=O) groups excluding carboxylic acids is 1. The normalized spacial score (nSPS) is 13.6. The zero-order valence-corrected chi connectivity index (χ0v) is 12.6. The van der Waals surface area contributed by atoms with Gasteiger partial charge in [0, 0.05) is 37.9 Å². The SMILES string of the molecule is CCCC(=O)OC(c1ccccc1Cl)C(Br)[N+](=O)[O-]. The number of nitro groups is 1. The van der Waals surface area contributed by atoms with Crippen molar-refractivity contribution in [3.63, 3.8) is 0 Å². The lowest BCUT2D eigenvalue weighted by Gasteiger charge is -2.19. The second-order valence-corrected chi connectivity index (χ2v) is 5.19. The quantitative estimate of drug-likeness (QED) is 0.258. The Hall–Kier alpha value is -1.14. The zero-order valence-electron chi connectivity index (χ0n) is 10.2. The molecule has 0 bridgehead atoms. The summed E-state index contributed by atoms with van der Waals surface area (Å²) >= 11 is 8.92. The number of benzene rings is 1. The maximum Gasteiger partial charge on any atom is 0.306 e. The summed E-state index contributed by atoms with van der Waals surface area (Å²) in [4.78, 5) is 20.6. The minimum Gasteiger partial charge on any atom is -0.449 e. The van der Waals surface area contributed by atoms with Gasteiger partial charge in [-0.3, -0.25) is 14.9 Å². The molecule has 0 radical (unpaired) electrons. The zero-order chi connectivity index (χ0) is 14.4. The van der Waals surface area contributed by atoms with Crippen LogP contribution < -0.4 is 0 Å². The van der Waals surface area contributed by atoms with Crippen LogP contribution in [0.2, 0.25) is 5.02 Å². The Balaban J connectivity index is 3.02. The van der Waals surface area contributed by atoms with Crippen LogP contribution in [0.15, 0.2) is 24.3 Å². The third kappa shape index (κ3) is 4.47. The Bertz CT molecular complexity index is 469. The van der Waals surface area contributed by atoms with Crippen LogP contribution in [0.4, 0.5) is 0 Å². The van der Waals surface area contributed by atoms with Crippen molar-refractivity contribution in [1.82, 2.24) is 0 Å². The summed E-state index contributed by atoms with van der Waals surface area (Å²) in [6.07, 6.45) is -0.236. The van der Waals surface area contributed by atoms with E-state index in [1.807, 2.05) is 6.92 Å². The van der Waals surface area contributed by atoms with Crippen LogP contribution in [0.25, 0.3) is 0 Å². The van der Waals surface area contributed by atoms with Gasteiger partial charge in [0.1, 0.15) is 0 Å². The predicted octanol–water partition coefficient (Wildman–Crippen LogP) is 3.72. The maximum atomic E-state index is 11.6. The van der Waals surface area contributed by atoms with Gasteiger partial charge in [0.15, 0.2) is 0 Å². The van der Waals surface area contributed by atoms with E-state index in [0.717, 1.165) is 0 Å². The van der Waals surface area contributed by atoms with Crippen LogP contribution in [-0.2, 0) is 9.53 Å². The molecule has 104 valence electrons. The highest BCUT2D eigenvalue weighted by molar-refractivity contribution is 9.09. The van der Waals surface area contributed by atoms with E-state index in [4.69, 9.17) is 16.3 Å². The molecule has 0 aliphatic rings. The largest absolute Gasteiger partial charge is 0.449 e. The Morgan fingerprint density at radius 3 is 2.68 bits per heavy atom. The molecule has 1 aromatic carbocycles. The van der Waals surface area contributed by atoms with Gasteiger partial charge in [-0.2, -0.15) is 0 Å². The second kappa shape index (κ2) is 7.45. The molecular weight excluding hydrogens is 337 g/mol. The number of carbonyl (C=O) groups is 1. The van der Waals surface area contributed by atoms with E-state index in [1.54, 1.807) is 24.3 Å². The number of hydrogen-bond acceptors (Lipinski definition) is 4. The first-order valence-electron chi connectivity index (χ1n) is 5.68. The third-order valence-electron chi connectivity index (χ3n) is 2.38. The van der Waals surface area contributed by atoms with Crippen molar-refractivity contribution in [1.29, 1.82) is 0 Å². The Labute approximate surface area is 124 Å². The summed E-state index contributed by atoms with van der Waals surface area (Å²) in [5.41, 5.74) is 0.409. The van der Waals surface area contributed by atoms with Gasteiger partial charge in [-0.05, 0) is 12.5 Å². The van der Waals surface area contributed by atoms with Crippen molar-refractivity contribution < 1.29 is 14.5 Å². The lowest BCUT2D eigenvalue weighted by atomic mass is 10.1. The van der Waals surface area contributed by atoms with Gasteiger partial charge in [0.05, 0.1) is 0 Å². The van der Waals surface area contributed by atoms with Crippen LogP contribution in [0.3, 0.4) is 0 Å². The molecule has 2 unspecified atom stereocenters. The topological polar surface area (TPSA) is 69.4 Å². The fourth-order valence-electron chi connectivity index (χ4n) is 1.49. The summed E-state index contributed by atoms with van der Waals surface area (Å²) in [5.74, 6) is -0.487. The van der Waals surface area contributed by atoms with E-state index in [9.17, 15) is 14.9 Å². The molecule has 19 heavy (non-hydrogen) atoms. The van der Waals surface area contributed by atoms with Gasteiger partial charge < -0.3 is 4.74 Å². The van der Waals surface area contributed by atoms with Crippen LogP contribution in [0.1, 0.15) is 31.4 Å². The first-order chi connectivity index (χ1) is 8.97. The summed E-state index contributed by atoms with van der Waals surface area (Å²) in [5, 5.41) is 11.2. The van der Waals surface area contributed by atoms with Crippen molar-refractivity contribution in [3.8, 4) is 0 Å². The van der Waals surface area contributed by atoms with Crippen molar-refractivity contribution in [2.75, 3.05) is 0 Å². The maximum absolute atomic E-state index is 11.6. The lowest BCUT2D eigenvalue weighted by molar-refractivity contribution is -0.504. The average Bonchev–Trinajstić information content (AvgIpc) is 2.36. The molecule has 0 saturated heterocycles. The molecule has 0 saturated carbocycles. The monoisotopic (exact) mass is 349 g/mol. The molecule has 1 aromatic rings. The summed E-state index contributed by atoms with van der Waals surface area (Å²) < 4.78 is 5.17. The van der Waals surface area contributed by atoms with Crippen LogP contribution in [0, 0.1) is 10.1 Å². The average molecular weight is 351 g/mol. The number of nitrogens with zero attached hydrogens (tertiary/aromatic N) is 1. The highest BCUT2D eigenvalue weighted by Gasteiger charge is 2.34. The van der Waals surface area contributed by atoms with Crippen molar-refractivity contribution in [2.45, 2.75) is 30.8 Å². The molecule has 0 heterocycles. The first-order valence-corrected chi connectivity index (χ1v) is 6.98. The number of rotatable bonds is 6. The Kier molecular flexibility index (Phi) is 6.24. The molecule has 2 atom stereocenters. The van der Waals surface area contributed by atoms with E-state index in [2.05, 4.69) is 15.9 Å². The number of halogens is 2. The highest BCUT2D eigenvalue weighted by atomic mass is 79.9. The van der Waals surface area contributed by atoms with E-state index in [0.29, 0.717) is 17.0 Å². The molecule has 5 nitrogen and oxygen atoms in total. The number of ether oxygens (including phenoxy) is 1. The molecule has 1 rings (SSSR count). The van der Waals surface area contributed by atoms with Crippen molar-refractivity contribution in [3.05, 3.63) is 45.0 Å². The van der Waals surface area contributed by atoms with Gasteiger partial charge >= 0.3 is 10.9 Å². The fraction of sp³-hybridized carbons (Fsp3) is 0.417. The molecule has 0 aliphatic carbocycles. The fourth-order valence-corrected chi connectivity index (χ4v) is 2.12. The standard InChI is InChI=1S/C12H13BrClNO4/c1-2-5-10(16)19-11(12(13)15(17)18)8-6-3-4-7-9(8)14/h3-4,6-7,11-12H,2,5H2,1H3. The highest BCUT2D eigenvalue weighted by Crippen LogP contribution is 2.32. The number of esters is 1. The molecule has 0 amide bonds. The van der Waals surface area contributed by atoms with E-state index in [-0.39, 0.29) is 6.42 Å². The van der Waals surface area contributed by atoms with E-state index in [1.165, 1.54) is 0 Å². The van der Waals surface area contributed by atoms with E-state index >= 15 is 0 Å². The number of alkyl halides is 1. The van der Waals surface area contributed by atoms with Gasteiger partial charge in [-0.1, -0.05) is 36.7 Å². The van der Waals surface area contributed by atoms with Gasteiger partial charge in [-0.15, -0.1) is 0 Å². The Morgan fingerprint density at radius 2 is 2.16 bits per heavy atom. The Morgan fingerprint density at radius 1 is 1.53 bits per heavy atom. The predicted molar refractivity (Wildman–Crippen MR) is 74.9 cm³/mol. The van der Waals surface area contributed by atoms with Crippen LogP contribution >= 0.6 is 27.5 Å². The smallest absolute Gasteiger partial charge is 0.306 e. The summed E-state index contributed by atoms with van der Waals surface area (Å²) in [6.45, 7) is 1.82. The number of hydrogen-bond donors (Lipinski definition) is 0. The molecule has 0 spiro atoms. The summed E-state index contributed by atoms with van der Waals surface area (Å²) in [7, 11) is 0. The third-order valence-corrected chi connectivity index (χ3v) is 3.53. The van der Waals surface area contributed by atoms with Gasteiger partial charge in [0.2, 0.25) is 6.10 Å². The molecule has 7 heteroatoms. The minimum absolute atomic E-state index is 0.207. The molecule has 0 fully saturated rings. The van der Waals surface area contributed by atoms with Crippen LogP contribution in [0.5, 0.6) is 0 Å². The summed E-state index contributed by atoms with van der Waals surface area (Å²) in [6, 6.07) is 6.58. The van der Waals surface area contributed by atoms with Crippen molar-refractivity contribution >= 4 is 33.5 Å². The first kappa shape index (κ1) is 15.9. The molecule has 0 N–H and O–H groups in total. The molecular formula is C12H13BrClNO4. The van der Waals surface area contributed by atoms with Gasteiger partial charge in [0.25, 0.3) is 0 Å².